The van der Waals surface area contributed by atoms with Crippen LogP contribution in [0.25, 0.3) is 0 Å². The van der Waals surface area contributed by atoms with Crippen LogP contribution in [0.3, 0.4) is 0 Å². The van der Waals surface area contributed by atoms with Gasteiger partial charge in [-0.3, -0.25) is 19.6 Å². The quantitative estimate of drug-likeness (QED) is 0.694. The number of amides is 1. The summed E-state index contributed by atoms with van der Waals surface area (Å²) in [6.45, 7) is 4.79. The third-order valence-electron chi connectivity index (χ3n) is 3.24. The van der Waals surface area contributed by atoms with Crippen LogP contribution < -0.4 is 5.32 Å². The predicted molar refractivity (Wildman–Crippen MR) is 78.1 cm³/mol. The van der Waals surface area contributed by atoms with Gasteiger partial charge < -0.3 is 5.32 Å². The first-order chi connectivity index (χ1) is 10.3. The number of aromatic nitrogens is 2. The normalized spacial score (nSPS) is 12.0. The van der Waals surface area contributed by atoms with Gasteiger partial charge in [0.25, 0.3) is 0 Å². The number of nitrogens with one attached hydrogen (secondary N) is 1. The van der Waals surface area contributed by atoms with E-state index >= 15 is 0 Å². The van der Waals surface area contributed by atoms with Gasteiger partial charge in [-0.1, -0.05) is 6.07 Å². The van der Waals surface area contributed by atoms with Crippen molar-refractivity contribution in [2.75, 3.05) is 5.32 Å². The molecular formula is C14H15FN4O3. The molecule has 0 aliphatic rings. The van der Waals surface area contributed by atoms with Crippen molar-refractivity contribution in [3.8, 4) is 0 Å². The van der Waals surface area contributed by atoms with E-state index in [0.29, 0.717) is 0 Å². The Hall–Kier alpha value is -2.77. The molecule has 0 spiro atoms. The number of nitrogens with zero attached hydrogens (tertiary/aromatic N) is 3. The first kappa shape index (κ1) is 15.6. The van der Waals surface area contributed by atoms with Crippen molar-refractivity contribution in [1.29, 1.82) is 0 Å². The van der Waals surface area contributed by atoms with E-state index in [0.717, 1.165) is 5.56 Å². The van der Waals surface area contributed by atoms with E-state index in [4.69, 9.17) is 0 Å². The van der Waals surface area contributed by atoms with Crippen molar-refractivity contribution in [1.82, 2.24) is 9.78 Å². The van der Waals surface area contributed by atoms with Gasteiger partial charge in [-0.05, 0) is 38.5 Å². The van der Waals surface area contributed by atoms with E-state index in [2.05, 4.69) is 10.4 Å². The maximum Gasteiger partial charge on any atom is 0.309 e. The van der Waals surface area contributed by atoms with E-state index in [1.165, 1.54) is 36.9 Å². The number of hydrogen-bond acceptors (Lipinski definition) is 4. The highest BCUT2D eigenvalue weighted by Gasteiger charge is 2.22. The maximum absolute atomic E-state index is 13.6. The lowest BCUT2D eigenvalue weighted by Gasteiger charge is -2.13. The summed E-state index contributed by atoms with van der Waals surface area (Å²) in [5.74, 6) is -1.06. The Balaban J connectivity index is 2.20. The molecule has 0 saturated heterocycles. The van der Waals surface area contributed by atoms with Crippen LogP contribution in [0.5, 0.6) is 0 Å². The zero-order chi connectivity index (χ0) is 16.4. The average Bonchev–Trinajstić information content (AvgIpc) is 2.84. The largest absolute Gasteiger partial charge is 0.322 e. The molecule has 1 unspecified atom stereocenters. The fraction of sp³-hybridized carbons (Fsp3) is 0.286. The van der Waals surface area contributed by atoms with E-state index in [9.17, 15) is 19.3 Å². The van der Waals surface area contributed by atoms with Crippen molar-refractivity contribution in [3.63, 3.8) is 0 Å². The summed E-state index contributed by atoms with van der Waals surface area (Å²) >= 11 is 0. The Bertz CT molecular complexity index is 742. The molecule has 1 atom stereocenters. The number of hydrogen-bond donors (Lipinski definition) is 1. The van der Waals surface area contributed by atoms with Gasteiger partial charge in [0.15, 0.2) is 0 Å². The monoisotopic (exact) mass is 306 g/mol. The molecule has 0 aliphatic carbocycles. The average molecular weight is 306 g/mol. The molecule has 116 valence electrons. The number of carbonyl (C=O) groups is 1. The van der Waals surface area contributed by atoms with Gasteiger partial charge in [-0.2, -0.15) is 5.10 Å². The summed E-state index contributed by atoms with van der Waals surface area (Å²) in [5.41, 5.74) is 0.915. The second-order valence-electron chi connectivity index (χ2n) is 4.99. The smallest absolute Gasteiger partial charge is 0.309 e. The minimum atomic E-state index is -0.813. The highest BCUT2D eigenvalue weighted by Crippen LogP contribution is 2.21. The molecule has 0 saturated carbocycles. The summed E-state index contributed by atoms with van der Waals surface area (Å²) in [6.07, 6.45) is 1.19. The molecule has 7 nitrogen and oxygen atoms in total. The molecule has 1 aromatic carbocycles. The first-order valence-electron chi connectivity index (χ1n) is 6.56. The highest BCUT2D eigenvalue weighted by molar-refractivity contribution is 5.93. The third-order valence-corrected chi connectivity index (χ3v) is 3.24. The summed E-state index contributed by atoms with van der Waals surface area (Å²) in [6, 6.07) is 3.55. The van der Waals surface area contributed by atoms with Crippen molar-refractivity contribution < 1.29 is 14.1 Å². The topological polar surface area (TPSA) is 90.1 Å². The van der Waals surface area contributed by atoms with Crippen LogP contribution in [-0.2, 0) is 4.79 Å². The van der Waals surface area contributed by atoms with Crippen LogP contribution >= 0.6 is 0 Å². The molecule has 1 heterocycles. The van der Waals surface area contributed by atoms with Crippen LogP contribution in [0.1, 0.15) is 24.2 Å². The molecule has 1 N–H and O–H groups in total. The summed E-state index contributed by atoms with van der Waals surface area (Å²) in [4.78, 5) is 22.4. The standard InChI is InChI=1S/C14H15FN4O3/c1-8-4-5-11(15)12(6-8)16-14(20)10(3)18-7-13(19(21)22)9(2)17-18/h4-7,10H,1-3H3,(H,16,20). The van der Waals surface area contributed by atoms with Gasteiger partial charge >= 0.3 is 5.69 Å². The number of halogens is 1. The lowest BCUT2D eigenvalue weighted by Crippen LogP contribution is -2.24. The SMILES string of the molecule is Cc1ccc(F)c(NC(=O)C(C)n2cc([N+](=O)[O-])c(C)n2)c1. The minimum absolute atomic E-state index is 0.0650. The summed E-state index contributed by atoms with van der Waals surface area (Å²) < 4.78 is 14.8. The van der Waals surface area contributed by atoms with Crippen molar-refractivity contribution in [2.24, 2.45) is 0 Å². The molecule has 1 aromatic heterocycles. The lowest BCUT2D eigenvalue weighted by atomic mass is 10.2. The summed E-state index contributed by atoms with van der Waals surface area (Å²) in [7, 11) is 0. The first-order valence-corrected chi connectivity index (χ1v) is 6.56. The molecule has 0 fully saturated rings. The Morgan fingerprint density at radius 3 is 2.73 bits per heavy atom. The van der Waals surface area contributed by atoms with Crippen LogP contribution in [0.2, 0.25) is 0 Å². The van der Waals surface area contributed by atoms with Gasteiger partial charge in [-0.25, -0.2) is 4.39 Å². The molecule has 8 heteroatoms. The second kappa shape index (κ2) is 5.92. The number of benzene rings is 1. The molecule has 0 aliphatic heterocycles. The van der Waals surface area contributed by atoms with Gasteiger partial charge in [0.2, 0.25) is 5.91 Å². The molecule has 0 radical (unpaired) electrons. The van der Waals surface area contributed by atoms with E-state index in [1.54, 1.807) is 13.0 Å². The summed E-state index contributed by atoms with van der Waals surface area (Å²) in [5, 5.41) is 17.2. The van der Waals surface area contributed by atoms with Crippen LogP contribution in [0, 0.1) is 29.8 Å². The number of carbonyl (C=O) groups excluding carboxylic acids is 1. The van der Waals surface area contributed by atoms with Crippen molar-refractivity contribution >= 4 is 17.3 Å². The Morgan fingerprint density at radius 2 is 2.14 bits per heavy atom. The fourth-order valence-electron chi connectivity index (χ4n) is 1.94. The molecule has 1 amide bonds. The Kier molecular flexibility index (Phi) is 4.20. The molecule has 0 bridgehead atoms. The fourth-order valence-corrected chi connectivity index (χ4v) is 1.94. The highest BCUT2D eigenvalue weighted by atomic mass is 19.1. The Labute approximate surface area is 125 Å². The van der Waals surface area contributed by atoms with Crippen molar-refractivity contribution in [3.05, 3.63) is 51.6 Å². The minimum Gasteiger partial charge on any atom is -0.322 e. The third kappa shape index (κ3) is 3.11. The Morgan fingerprint density at radius 1 is 1.45 bits per heavy atom. The van der Waals surface area contributed by atoms with Crippen LogP contribution in [-0.4, -0.2) is 20.6 Å². The zero-order valence-electron chi connectivity index (χ0n) is 12.3. The predicted octanol–water partition coefficient (Wildman–Crippen LogP) is 2.75. The van der Waals surface area contributed by atoms with Crippen LogP contribution in [0.15, 0.2) is 24.4 Å². The second-order valence-corrected chi connectivity index (χ2v) is 4.99. The lowest BCUT2D eigenvalue weighted by molar-refractivity contribution is -0.385. The number of aryl methyl sites for hydroxylation is 2. The molecule has 2 rings (SSSR count). The van der Waals surface area contributed by atoms with Gasteiger partial charge in [-0.15, -0.1) is 0 Å². The molecular weight excluding hydrogens is 291 g/mol. The zero-order valence-corrected chi connectivity index (χ0v) is 12.3. The van der Waals surface area contributed by atoms with E-state index in [1.807, 2.05) is 0 Å². The maximum atomic E-state index is 13.6. The number of nitro groups is 1. The van der Waals surface area contributed by atoms with Crippen molar-refractivity contribution in [2.45, 2.75) is 26.8 Å². The van der Waals surface area contributed by atoms with E-state index < -0.39 is 22.7 Å². The van der Waals surface area contributed by atoms with Crippen LogP contribution in [0.4, 0.5) is 15.8 Å². The van der Waals surface area contributed by atoms with Gasteiger partial charge in [0.1, 0.15) is 23.7 Å². The number of anilines is 1. The van der Waals surface area contributed by atoms with E-state index in [-0.39, 0.29) is 17.1 Å². The molecule has 2 aromatic rings. The van der Waals surface area contributed by atoms with Gasteiger partial charge in [0.05, 0.1) is 10.6 Å². The molecule has 22 heavy (non-hydrogen) atoms. The number of rotatable bonds is 4. The van der Waals surface area contributed by atoms with Gasteiger partial charge in [0, 0.05) is 0 Å².